The summed E-state index contributed by atoms with van der Waals surface area (Å²) >= 11 is 0. The van der Waals surface area contributed by atoms with Gasteiger partial charge in [0, 0.05) is 12.1 Å². The Balaban J connectivity index is 2.40. The molecule has 0 fully saturated rings. The number of unbranched alkanes of at least 4 members (excludes halogenated alkanes) is 1. The van der Waals surface area contributed by atoms with Gasteiger partial charge in [0.2, 0.25) is 5.88 Å². The third-order valence-electron chi connectivity index (χ3n) is 1.98. The van der Waals surface area contributed by atoms with Gasteiger partial charge in [-0.1, -0.05) is 31.8 Å². The predicted octanol–water partition coefficient (Wildman–Crippen LogP) is 2.84. The van der Waals surface area contributed by atoms with E-state index in [-0.39, 0.29) is 0 Å². The Labute approximate surface area is 79.5 Å². The van der Waals surface area contributed by atoms with E-state index < -0.39 is 0 Å². The number of hydrogen-bond acceptors (Lipinski definition) is 3. The Morgan fingerprint density at radius 2 is 2.23 bits per heavy atom. The molecule has 0 aliphatic rings. The second kappa shape index (κ2) is 5.62. The summed E-state index contributed by atoms with van der Waals surface area (Å²) in [7, 11) is 0. The molecule has 0 aromatic carbocycles. The molecule has 3 nitrogen and oxygen atoms in total. The topological polar surface area (TPSA) is 38.1 Å². The lowest BCUT2D eigenvalue weighted by molar-refractivity contribution is 0.431. The van der Waals surface area contributed by atoms with Crippen molar-refractivity contribution in [3.63, 3.8) is 0 Å². The molecule has 0 unspecified atom stereocenters. The fourth-order valence-corrected chi connectivity index (χ4v) is 1.23. The summed E-state index contributed by atoms with van der Waals surface area (Å²) in [6.07, 6.45) is 6.34. The second-order valence-electron chi connectivity index (χ2n) is 3.21. The summed E-state index contributed by atoms with van der Waals surface area (Å²) in [6.45, 7) is 5.31. The molecule has 0 saturated heterocycles. The highest BCUT2D eigenvalue weighted by Gasteiger charge is 2.05. The molecule has 0 saturated carbocycles. The first-order chi connectivity index (χ1) is 6.38. The van der Waals surface area contributed by atoms with Crippen molar-refractivity contribution >= 4 is 5.88 Å². The van der Waals surface area contributed by atoms with Crippen LogP contribution in [0.2, 0.25) is 0 Å². The normalized spacial score (nSPS) is 10.3. The molecule has 0 aliphatic carbocycles. The number of nitrogens with one attached hydrogen (secondary N) is 1. The zero-order valence-corrected chi connectivity index (χ0v) is 8.47. The maximum absolute atomic E-state index is 5.10. The molecule has 3 heteroatoms. The number of aryl methyl sites for hydroxylation is 1. The number of aromatic nitrogens is 1. The van der Waals surface area contributed by atoms with Crippen molar-refractivity contribution in [2.24, 2.45) is 0 Å². The van der Waals surface area contributed by atoms with Gasteiger partial charge >= 0.3 is 0 Å². The summed E-state index contributed by atoms with van der Waals surface area (Å²) in [6, 6.07) is 0. The van der Waals surface area contributed by atoms with Crippen molar-refractivity contribution in [1.82, 2.24) is 5.16 Å². The number of rotatable bonds is 6. The first-order valence-electron chi connectivity index (χ1n) is 5.05. The van der Waals surface area contributed by atoms with Crippen molar-refractivity contribution in [3.8, 4) is 0 Å². The van der Waals surface area contributed by atoms with Gasteiger partial charge in [0.1, 0.15) is 0 Å². The van der Waals surface area contributed by atoms with Crippen molar-refractivity contribution < 1.29 is 4.52 Å². The second-order valence-corrected chi connectivity index (χ2v) is 3.21. The van der Waals surface area contributed by atoms with Crippen LogP contribution in [0.4, 0.5) is 5.88 Å². The largest absolute Gasteiger partial charge is 0.354 e. The molecular formula is C10H18N2O. The molecular weight excluding hydrogens is 164 g/mol. The first-order valence-corrected chi connectivity index (χ1v) is 5.05. The average Bonchev–Trinajstić information content (AvgIpc) is 2.54. The van der Waals surface area contributed by atoms with Crippen molar-refractivity contribution in [2.75, 3.05) is 11.9 Å². The minimum atomic E-state index is 0.857. The van der Waals surface area contributed by atoms with Crippen LogP contribution < -0.4 is 5.32 Å². The highest BCUT2D eigenvalue weighted by atomic mass is 16.5. The van der Waals surface area contributed by atoms with E-state index in [0.717, 1.165) is 25.3 Å². The van der Waals surface area contributed by atoms with Crippen LogP contribution in [0.5, 0.6) is 0 Å². The fourth-order valence-electron chi connectivity index (χ4n) is 1.23. The lowest BCUT2D eigenvalue weighted by atomic mass is 10.2. The molecule has 1 aromatic rings. The highest BCUT2D eigenvalue weighted by Crippen LogP contribution is 2.15. The fraction of sp³-hybridized carbons (Fsp3) is 0.700. The lowest BCUT2D eigenvalue weighted by Crippen LogP contribution is -2.01. The van der Waals surface area contributed by atoms with Crippen LogP contribution in [-0.2, 0) is 6.42 Å². The van der Waals surface area contributed by atoms with Gasteiger partial charge in [-0.2, -0.15) is 0 Å². The summed E-state index contributed by atoms with van der Waals surface area (Å²) in [4.78, 5) is 0. The summed E-state index contributed by atoms with van der Waals surface area (Å²) in [5.74, 6) is 0.857. The van der Waals surface area contributed by atoms with Gasteiger partial charge in [-0.3, -0.25) is 0 Å². The monoisotopic (exact) mass is 182 g/mol. The number of nitrogens with zero attached hydrogens (tertiary/aromatic N) is 1. The molecule has 0 spiro atoms. The van der Waals surface area contributed by atoms with Crippen LogP contribution in [0, 0.1) is 0 Å². The zero-order valence-electron chi connectivity index (χ0n) is 8.47. The van der Waals surface area contributed by atoms with Crippen LogP contribution in [0.1, 0.15) is 38.7 Å². The molecule has 0 radical (unpaired) electrons. The van der Waals surface area contributed by atoms with Gasteiger partial charge in [-0.25, -0.2) is 0 Å². The van der Waals surface area contributed by atoms with Crippen molar-refractivity contribution in [3.05, 3.63) is 11.8 Å². The van der Waals surface area contributed by atoms with Crippen LogP contribution in [0.3, 0.4) is 0 Å². The molecule has 0 atom stereocenters. The van der Waals surface area contributed by atoms with E-state index in [0.29, 0.717) is 0 Å². The SMILES string of the molecule is CCCCNc1oncc1CCC. The average molecular weight is 182 g/mol. The molecule has 0 bridgehead atoms. The maximum atomic E-state index is 5.10. The van der Waals surface area contributed by atoms with E-state index in [1.807, 2.05) is 0 Å². The predicted molar refractivity (Wildman–Crippen MR) is 53.9 cm³/mol. The molecule has 0 aliphatic heterocycles. The van der Waals surface area contributed by atoms with E-state index >= 15 is 0 Å². The van der Waals surface area contributed by atoms with Gasteiger partial charge in [0.25, 0.3) is 0 Å². The minimum absolute atomic E-state index is 0.857. The van der Waals surface area contributed by atoms with Gasteiger partial charge in [-0.05, 0) is 12.8 Å². The quantitative estimate of drug-likeness (QED) is 0.687. The van der Waals surface area contributed by atoms with Crippen molar-refractivity contribution in [2.45, 2.75) is 39.5 Å². The molecule has 1 aromatic heterocycles. The molecule has 1 rings (SSSR count). The zero-order chi connectivity index (χ0) is 9.52. The standard InChI is InChI=1S/C10H18N2O/c1-3-5-7-11-10-9(6-4-2)8-12-13-10/h8,11H,3-7H2,1-2H3. The van der Waals surface area contributed by atoms with Crippen LogP contribution in [0.15, 0.2) is 10.7 Å². The Morgan fingerprint density at radius 1 is 1.38 bits per heavy atom. The molecule has 13 heavy (non-hydrogen) atoms. The van der Waals surface area contributed by atoms with Crippen LogP contribution in [-0.4, -0.2) is 11.7 Å². The summed E-state index contributed by atoms with van der Waals surface area (Å²) < 4.78 is 5.10. The Morgan fingerprint density at radius 3 is 2.92 bits per heavy atom. The highest BCUT2D eigenvalue weighted by molar-refractivity contribution is 5.38. The number of anilines is 1. The van der Waals surface area contributed by atoms with E-state index in [4.69, 9.17) is 4.52 Å². The van der Waals surface area contributed by atoms with E-state index in [1.54, 1.807) is 6.20 Å². The van der Waals surface area contributed by atoms with Gasteiger partial charge in [0.15, 0.2) is 0 Å². The Kier molecular flexibility index (Phi) is 4.36. The summed E-state index contributed by atoms with van der Waals surface area (Å²) in [5, 5.41) is 7.03. The third kappa shape index (κ3) is 3.09. The minimum Gasteiger partial charge on any atom is -0.354 e. The Hall–Kier alpha value is -0.990. The number of hydrogen-bond donors (Lipinski definition) is 1. The lowest BCUT2D eigenvalue weighted by Gasteiger charge is -2.02. The smallest absolute Gasteiger partial charge is 0.227 e. The van der Waals surface area contributed by atoms with Crippen molar-refractivity contribution in [1.29, 1.82) is 0 Å². The van der Waals surface area contributed by atoms with Crippen LogP contribution in [0.25, 0.3) is 0 Å². The van der Waals surface area contributed by atoms with E-state index in [2.05, 4.69) is 24.3 Å². The van der Waals surface area contributed by atoms with Gasteiger partial charge < -0.3 is 9.84 Å². The maximum Gasteiger partial charge on any atom is 0.227 e. The molecule has 0 amide bonds. The Bertz CT molecular complexity index is 233. The van der Waals surface area contributed by atoms with E-state index in [1.165, 1.54) is 18.4 Å². The molecule has 74 valence electrons. The van der Waals surface area contributed by atoms with Crippen LogP contribution >= 0.6 is 0 Å². The first kappa shape index (κ1) is 10.1. The van der Waals surface area contributed by atoms with Gasteiger partial charge in [-0.15, -0.1) is 0 Å². The molecule has 1 heterocycles. The van der Waals surface area contributed by atoms with E-state index in [9.17, 15) is 0 Å². The summed E-state index contributed by atoms with van der Waals surface area (Å²) in [5.41, 5.74) is 1.19. The third-order valence-corrected chi connectivity index (χ3v) is 1.98. The van der Waals surface area contributed by atoms with Gasteiger partial charge in [0.05, 0.1) is 6.20 Å². The molecule has 1 N–H and O–H groups in total.